The van der Waals surface area contributed by atoms with Crippen LogP contribution in [0.2, 0.25) is 0 Å². The van der Waals surface area contributed by atoms with E-state index in [9.17, 15) is 4.79 Å². The van der Waals surface area contributed by atoms with E-state index in [1.807, 2.05) is 20.8 Å². The lowest BCUT2D eigenvalue weighted by atomic mass is 10.3. The summed E-state index contributed by atoms with van der Waals surface area (Å²) in [5, 5.41) is 9.13. The van der Waals surface area contributed by atoms with Gasteiger partial charge in [0.1, 0.15) is 5.69 Å². The molecule has 2 aromatic heterocycles. The fourth-order valence-corrected chi connectivity index (χ4v) is 1.84. The van der Waals surface area contributed by atoms with E-state index >= 15 is 0 Å². The summed E-state index contributed by atoms with van der Waals surface area (Å²) in [5.41, 5.74) is 4.94. The van der Waals surface area contributed by atoms with Gasteiger partial charge in [-0.05, 0) is 27.7 Å². The molecule has 0 saturated carbocycles. The fraction of sp³-hybridized carbons (Fsp3) is 0.429. The number of ether oxygens (including phenoxy) is 2. The molecule has 8 heteroatoms. The number of nitrogens with zero attached hydrogens (tertiary/aromatic N) is 4. The first-order valence-electron chi connectivity index (χ1n) is 7.02. The Kier molecular flexibility index (Phi) is 4.92. The van der Waals surface area contributed by atoms with Crippen molar-refractivity contribution in [3.05, 3.63) is 12.4 Å². The van der Waals surface area contributed by atoms with Crippen LogP contribution >= 0.6 is 0 Å². The smallest absolute Gasteiger partial charge is 0.434 e. The van der Waals surface area contributed by atoms with Crippen LogP contribution in [0.4, 0.5) is 10.5 Å². The third-order valence-electron chi connectivity index (χ3n) is 2.78. The van der Waals surface area contributed by atoms with E-state index in [2.05, 4.69) is 20.6 Å². The van der Waals surface area contributed by atoms with Crippen LogP contribution in [0.3, 0.4) is 0 Å². The number of anilines is 1. The molecule has 0 aliphatic rings. The molecule has 0 aliphatic carbocycles. The first kappa shape index (κ1) is 15.7. The second kappa shape index (κ2) is 6.88. The number of aromatic nitrogens is 3. The van der Waals surface area contributed by atoms with Crippen molar-refractivity contribution in [3.63, 3.8) is 0 Å². The second-order valence-electron chi connectivity index (χ2n) is 4.65. The van der Waals surface area contributed by atoms with Crippen LogP contribution in [0.15, 0.2) is 17.5 Å². The van der Waals surface area contributed by atoms with Crippen LogP contribution in [0, 0.1) is 0 Å². The number of aryl methyl sites for hydroxylation is 1. The number of pyridine rings is 1. The minimum atomic E-state index is -0.785. The quantitative estimate of drug-likeness (QED) is 0.519. The lowest BCUT2D eigenvalue weighted by molar-refractivity contribution is 0.104. The van der Waals surface area contributed by atoms with Crippen molar-refractivity contribution in [1.82, 2.24) is 14.8 Å². The van der Waals surface area contributed by atoms with Gasteiger partial charge in [0.05, 0.1) is 24.4 Å². The molecule has 0 fully saturated rings. The maximum Gasteiger partial charge on any atom is 0.513 e. The van der Waals surface area contributed by atoms with E-state index in [1.165, 1.54) is 6.20 Å². The van der Waals surface area contributed by atoms with Crippen molar-refractivity contribution in [3.8, 4) is 5.75 Å². The van der Waals surface area contributed by atoms with E-state index in [-0.39, 0.29) is 12.4 Å². The van der Waals surface area contributed by atoms with E-state index in [0.717, 1.165) is 5.71 Å². The van der Waals surface area contributed by atoms with Crippen LogP contribution < -0.4 is 10.2 Å². The lowest BCUT2D eigenvalue weighted by Crippen LogP contribution is -2.11. The van der Waals surface area contributed by atoms with Gasteiger partial charge in [0, 0.05) is 12.3 Å². The van der Waals surface area contributed by atoms with Gasteiger partial charge < -0.3 is 9.47 Å². The SMILES string of the molecule is CCOC(=O)Oc1cnc2c(cnn2CC)c1NN=C(C)C. The Hall–Kier alpha value is -2.64. The molecule has 0 bridgehead atoms. The van der Waals surface area contributed by atoms with Crippen molar-refractivity contribution in [2.45, 2.75) is 34.2 Å². The summed E-state index contributed by atoms with van der Waals surface area (Å²) in [5.74, 6) is 0.242. The standard InChI is InChI=1S/C14H19N5O3/c1-5-19-13-10(7-16-19)12(18-17-9(3)4)11(8-15-13)22-14(20)21-6-2/h7-8H,5-6H2,1-4H3,(H,15,18). The summed E-state index contributed by atoms with van der Waals surface area (Å²) in [4.78, 5) is 15.8. The molecule has 0 aromatic carbocycles. The summed E-state index contributed by atoms with van der Waals surface area (Å²) < 4.78 is 11.7. The average Bonchev–Trinajstić information content (AvgIpc) is 2.89. The van der Waals surface area contributed by atoms with Gasteiger partial charge in [-0.15, -0.1) is 0 Å². The highest BCUT2D eigenvalue weighted by molar-refractivity contribution is 5.93. The largest absolute Gasteiger partial charge is 0.513 e. The Bertz CT molecular complexity index is 704. The molecule has 0 aliphatic heterocycles. The summed E-state index contributed by atoms with van der Waals surface area (Å²) in [6.45, 7) is 8.30. The molecular formula is C14H19N5O3. The zero-order valence-corrected chi connectivity index (χ0v) is 13.1. The van der Waals surface area contributed by atoms with Crippen molar-refractivity contribution in [2.24, 2.45) is 5.10 Å². The number of carbonyl (C=O) groups is 1. The molecule has 0 radical (unpaired) electrons. The van der Waals surface area contributed by atoms with E-state index in [4.69, 9.17) is 9.47 Å². The summed E-state index contributed by atoms with van der Waals surface area (Å²) in [7, 11) is 0. The van der Waals surface area contributed by atoms with Gasteiger partial charge >= 0.3 is 6.16 Å². The monoisotopic (exact) mass is 305 g/mol. The normalized spacial score (nSPS) is 10.4. The number of fused-ring (bicyclic) bond motifs is 1. The predicted octanol–water partition coefficient (Wildman–Crippen LogP) is 2.79. The fourth-order valence-electron chi connectivity index (χ4n) is 1.84. The number of carbonyl (C=O) groups excluding carboxylic acids is 1. The third-order valence-corrected chi connectivity index (χ3v) is 2.78. The van der Waals surface area contributed by atoms with E-state index in [1.54, 1.807) is 17.8 Å². The molecule has 0 amide bonds. The van der Waals surface area contributed by atoms with Crippen LogP contribution in [0.5, 0.6) is 5.75 Å². The zero-order valence-electron chi connectivity index (χ0n) is 13.1. The van der Waals surface area contributed by atoms with Crippen molar-refractivity contribution in [1.29, 1.82) is 0 Å². The minimum absolute atomic E-state index is 0.233. The van der Waals surface area contributed by atoms with Gasteiger partial charge in [-0.25, -0.2) is 14.5 Å². The minimum Gasteiger partial charge on any atom is -0.434 e. The van der Waals surface area contributed by atoms with E-state index in [0.29, 0.717) is 23.3 Å². The molecule has 0 spiro atoms. The molecular weight excluding hydrogens is 286 g/mol. The molecule has 0 saturated heterocycles. The van der Waals surface area contributed by atoms with Gasteiger partial charge in [0.25, 0.3) is 0 Å². The van der Waals surface area contributed by atoms with Crippen molar-refractivity contribution < 1.29 is 14.3 Å². The Labute approximate surface area is 128 Å². The summed E-state index contributed by atoms with van der Waals surface area (Å²) in [6, 6.07) is 0. The Morgan fingerprint density at radius 2 is 2.14 bits per heavy atom. The molecule has 8 nitrogen and oxygen atoms in total. The zero-order chi connectivity index (χ0) is 16.1. The lowest BCUT2D eigenvalue weighted by Gasteiger charge is -2.10. The first-order chi connectivity index (χ1) is 10.6. The average molecular weight is 305 g/mol. The highest BCUT2D eigenvalue weighted by Gasteiger charge is 2.16. The maximum atomic E-state index is 11.5. The summed E-state index contributed by atoms with van der Waals surface area (Å²) >= 11 is 0. The molecule has 0 unspecified atom stereocenters. The second-order valence-corrected chi connectivity index (χ2v) is 4.65. The van der Waals surface area contributed by atoms with Gasteiger partial charge in [-0.3, -0.25) is 5.43 Å². The number of hydrazone groups is 1. The highest BCUT2D eigenvalue weighted by Crippen LogP contribution is 2.32. The van der Waals surface area contributed by atoms with Gasteiger partial charge in [0.2, 0.25) is 0 Å². The van der Waals surface area contributed by atoms with E-state index < -0.39 is 6.16 Å². The van der Waals surface area contributed by atoms with Crippen molar-refractivity contribution in [2.75, 3.05) is 12.0 Å². The van der Waals surface area contributed by atoms with Gasteiger partial charge in [0.15, 0.2) is 11.4 Å². The summed E-state index contributed by atoms with van der Waals surface area (Å²) in [6.07, 6.45) is 2.33. The maximum absolute atomic E-state index is 11.5. The third kappa shape index (κ3) is 3.33. The number of nitrogens with one attached hydrogen (secondary N) is 1. The molecule has 2 heterocycles. The molecule has 1 N–H and O–H groups in total. The predicted molar refractivity (Wildman–Crippen MR) is 83.3 cm³/mol. The molecule has 118 valence electrons. The van der Waals surface area contributed by atoms with Crippen LogP contribution in [0.25, 0.3) is 11.0 Å². The number of hydrogen-bond acceptors (Lipinski definition) is 7. The Morgan fingerprint density at radius 3 is 2.77 bits per heavy atom. The first-order valence-corrected chi connectivity index (χ1v) is 7.02. The van der Waals surface area contributed by atoms with Crippen molar-refractivity contribution >= 4 is 28.6 Å². The van der Waals surface area contributed by atoms with Crippen LogP contribution in [-0.2, 0) is 11.3 Å². The van der Waals surface area contributed by atoms with Gasteiger partial charge in [-0.2, -0.15) is 10.2 Å². The number of rotatable bonds is 5. The highest BCUT2D eigenvalue weighted by atomic mass is 16.7. The Balaban J connectivity index is 2.47. The number of hydrogen-bond donors (Lipinski definition) is 1. The Morgan fingerprint density at radius 1 is 1.36 bits per heavy atom. The molecule has 0 atom stereocenters. The van der Waals surface area contributed by atoms with Gasteiger partial charge in [-0.1, -0.05) is 0 Å². The van der Waals surface area contributed by atoms with Crippen LogP contribution in [0.1, 0.15) is 27.7 Å². The molecule has 2 rings (SSSR count). The van der Waals surface area contributed by atoms with Crippen LogP contribution in [-0.4, -0.2) is 33.2 Å². The molecule has 2 aromatic rings. The topological polar surface area (TPSA) is 90.6 Å². The molecule has 22 heavy (non-hydrogen) atoms.